The highest BCUT2D eigenvalue weighted by Crippen LogP contribution is 2.26. The zero-order chi connectivity index (χ0) is 13.2. The summed E-state index contributed by atoms with van der Waals surface area (Å²) in [4.78, 5) is 0. The molecular weight excluding hydrogens is 250 g/mol. The maximum Gasteiger partial charge on any atom is 0.279 e. The molecule has 0 aromatic heterocycles. The maximum atomic E-state index is 12.3. The Morgan fingerprint density at radius 3 is 2.72 bits per heavy atom. The molecule has 1 aliphatic heterocycles. The molecule has 1 aliphatic carbocycles. The van der Waals surface area contributed by atoms with E-state index in [0.29, 0.717) is 31.5 Å². The predicted octanol–water partition coefficient (Wildman–Crippen LogP) is 0.680. The lowest BCUT2D eigenvalue weighted by atomic mass is 10.0. The van der Waals surface area contributed by atoms with Crippen molar-refractivity contribution < 1.29 is 8.42 Å². The van der Waals surface area contributed by atoms with E-state index in [0.717, 1.165) is 32.1 Å². The van der Waals surface area contributed by atoms with Crippen LogP contribution in [0, 0.1) is 11.8 Å². The first-order valence-electron chi connectivity index (χ1n) is 7.00. The van der Waals surface area contributed by atoms with Crippen molar-refractivity contribution in [3.63, 3.8) is 0 Å². The largest absolute Gasteiger partial charge is 0.330 e. The lowest BCUT2D eigenvalue weighted by Crippen LogP contribution is -2.50. The van der Waals surface area contributed by atoms with Crippen molar-refractivity contribution in [1.29, 1.82) is 0 Å². The molecule has 0 bridgehead atoms. The minimum Gasteiger partial charge on any atom is -0.330 e. The molecule has 0 aromatic rings. The van der Waals surface area contributed by atoms with E-state index in [1.165, 1.54) is 0 Å². The highest BCUT2D eigenvalue weighted by molar-refractivity contribution is 7.87. The third kappa shape index (κ3) is 3.23. The first kappa shape index (κ1) is 14.2. The van der Waals surface area contributed by atoms with Gasteiger partial charge in [-0.25, -0.2) is 0 Å². The SMILES string of the molecule is CC1CCCN(S(=O)(=O)NC2CCCC2CN)C1. The normalized spacial score (nSPS) is 34.9. The van der Waals surface area contributed by atoms with Gasteiger partial charge in [-0.05, 0) is 44.1 Å². The topological polar surface area (TPSA) is 75.4 Å². The average molecular weight is 275 g/mol. The summed E-state index contributed by atoms with van der Waals surface area (Å²) in [5, 5.41) is 0. The van der Waals surface area contributed by atoms with Crippen LogP contribution in [0.5, 0.6) is 0 Å². The van der Waals surface area contributed by atoms with Crippen molar-refractivity contribution in [3.8, 4) is 0 Å². The fraction of sp³-hybridized carbons (Fsp3) is 1.00. The van der Waals surface area contributed by atoms with E-state index in [-0.39, 0.29) is 6.04 Å². The Labute approximate surface area is 110 Å². The Morgan fingerprint density at radius 1 is 1.28 bits per heavy atom. The summed E-state index contributed by atoms with van der Waals surface area (Å²) in [7, 11) is -3.31. The number of piperidine rings is 1. The van der Waals surface area contributed by atoms with Crippen LogP contribution in [0.25, 0.3) is 0 Å². The summed E-state index contributed by atoms with van der Waals surface area (Å²) in [6.07, 6.45) is 5.13. The fourth-order valence-electron chi connectivity index (χ4n) is 3.10. The van der Waals surface area contributed by atoms with Crippen molar-refractivity contribution in [1.82, 2.24) is 9.03 Å². The number of nitrogens with zero attached hydrogens (tertiary/aromatic N) is 1. The summed E-state index contributed by atoms with van der Waals surface area (Å²) in [6.45, 7) is 3.98. The zero-order valence-electron chi connectivity index (χ0n) is 11.1. The van der Waals surface area contributed by atoms with Crippen LogP contribution in [0.2, 0.25) is 0 Å². The lowest BCUT2D eigenvalue weighted by molar-refractivity contribution is 0.274. The molecule has 1 saturated carbocycles. The van der Waals surface area contributed by atoms with Crippen LogP contribution in [0.15, 0.2) is 0 Å². The van der Waals surface area contributed by atoms with Crippen LogP contribution in [0.3, 0.4) is 0 Å². The number of rotatable bonds is 4. The standard InChI is InChI=1S/C12H25N3O2S/c1-10-4-3-7-15(9-10)18(16,17)14-12-6-2-5-11(12)8-13/h10-12,14H,2-9,13H2,1H3. The number of nitrogens with two attached hydrogens (primary N) is 1. The molecule has 106 valence electrons. The Kier molecular flexibility index (Phi) is 4.64. The predicted molar refractivity (Wildman–Crippen MR) is 72.2 cm³/mol. The number of hydrogen-bond acceptors (Lipinski definition) is 3. The van der Waals surface area contributed by atoms with Gasteiger partial charge in [0, 0.05) is 19.1 Å². The molecule has 2 aliphatic rings. The van der Waals surface area contributed by atoms with Gasteiger partial charge in [0.15, 0.2) is 0 Å². The maximum absolute atomic E-state index is 12.3. The van der Waals surface area contributed by atoms with E-state index in [2.05, 4.69) is 11.6 Å². The Bertz CT molecular complexity index is 372. The van der Waals surface area contributed by atoms with Gasteiger partial charge in [0.1, 0.15) is 0 Å². The highest BCUT2D eigenvalue weighted by atomic mass is 32.2. The first-order chi connectivity index (χ1) is 8.53. The number of nitrogens with one attached hydrogen (secondary N) is 1. The molecule has 0 aromatic carbocycles. The van der Waals surface area contributed by atoms with Crippen molar-refractivity contribution in [2.75, 3.05) is 19.6 Å². The summed E-state index contributed by atoms with van der Waals surface area (Å²) in [5.41, 5.74) is 5.70. The second kappa shape index (κ2) is 5.86. The molecule has 3 unspecified atom stereocenters. The Hall–Kier alpha value is -0.170. The molecule has 3 atom stereocenters. The van der Waals surface area contributed by atoms with Gasteiger partial charge in [0.2, 0.25) is 0 Å². The molecule has 6 heteroatoms. The van der Waals surface area contributed by atoms with E-state index in [1.54, 1.807) is 4.31 Å². The molecule has 3 N–H and O–H groups in total. The monoisotopic (exact) mass is 275 g/mol. The number of hydrogen-bond donors (Lipinski definition) is 2. The van der Waals surface area contributed by atoms with E-state index < -0.39 is 10.2 Å². The fourth-order valence-corrected chi connectivity index (χ4v) is 4.77. The first-order valence-corrected chi connectivity index (χ1v) is 8.44. The van der Waals surface area contributed by atoms with Gasteiger partial charge in [0.05, 0.1) is 0 Å². The second-order valence-corrected chi connectivity index (χ2v) is 7.46. The van der Waals surface area contributed by atoms with Gasteiger partial charge in [-0.15, -0.1) is 0 Å². The molecule has 0 spiro atoms. The molecule has 18 heavy (non-hydrogen) atoms. The van der Waals surface area contributed by atoms with Crippen LogP contribution in [-0.4, -0.2) is 38.4 Å². The van der Waals surface area contributed by atoms with Crippen molar-refractivity contribution in [2.24, 2.45) is 17.6 Å². The zero-order valence-corrected chi connectivity index (χ0v) is 12.0. The third-order valence-corrected chi connectivity index (χ3v) is 5.83. The van der Waals surface area contributed by atoms with Crippen LogP contribution in [0.1, 0.15) is 39.0 Å². The molecule has 0 amide bonds. The smallest absolute Gasteiger partial charge is 0.279 e. The van der Waals surface area contributed by atoms with Gasteiger partial charge in [-0.3, -0.25) is 0 Å². The molecule has 5 nitrogen and oxygen atoms in total. The van der Waals surface area contributed by atoms with Gasteiger partial charge < -0.3 is 5.73 Å². The molecule has 1 saturated heterocycles. The van der Waals surface area contributed by atoms with E-state index in [4.69, 9.17) is 5.73 Å². The van der Waals surface area contributed by atoms with Crippen LogP contribution in [0.4, 0.5) is 0 Å². The lowest BCUT2D eigenvalue weighted by Gasteiger charge is -2.32. The molecule has 2 fully saturated rings. The van der Waals surface area contributed by atoms with Gasteiger partial charge >= 0.3 is 0 Å². The van der Waals surface area contributed by atoms with E-state index in [9.17, 15) is 8.42 Å². The Morgan fingerprint density at radius 2 is 2.06 bits per heavy atom. The highest BCUT2D eigenvalue weighted by Gasteiger charge is 2.33. The third-order valence-electron chi connectivity index (χ3n) is 4.22. The molecular formula is C12H25N3O2S. The summed E-state index contributed by atoms with van der Waals surface area (Å²) in [5.74, 6) is 0.770. The summed E-state index contributed by atoms with van der Waals surface area (Å²) >= 11 is 0. The van der Waals surface area contributed by atoms with Crippen LogP contribution >= 0.6 is 0 Å². The second-order valence-electron chi connectivity index (χ2n) is 5.76. The van der Waals surface area contributed by atoms with Gasteiger partial charge in [-0.2, -0.15) is 17.4 Å². The van der Waals surface area contributed by atoms with Crippen molar-refractivity contribution in [3.05, 3.63) is 0 Å². The quantitative estimate of drug-likeness (QED) is 0.792. The Balaban J connectivity index is 1.98. The molecule has 0 radical (unpaired) electrons. The van der Waals surface area contributed by atoms with E-state index >= 15 is 0 Å². The summed E-state index contributed by atoms with van der Waals surface area (Å²) < 4.78 is 29.1. The molecule has 1 heterocycles. The van der Waals surface area contributed by atoms with Gasteiger partial charge in [0.25, 0.3) is 10.2 Å². The van der Waals surface area contributed by atoms with Gasteiger partial charge in [-0.1, -0.05) is 13.3 Å². The van der Waals surface area contributed by atoms with Crippen molar-refractivity contribution >= 4 is 10.2 Å². The van der Waals surface area contributed by atoms with Crippen molar-refractivity contribution in [2.45, 2.75) is 45.1 Å². The summed E-state index contributed by atoms with van der Waals surface area (Å²) in [6, 6.07) is 0.0391. The minimum atomic E-state index is -3.31. The minimum absolute atomic E-state index is 0.0391. The average Bonchev–Trinajstić information content (AvgIpc) is 2.75. The van der Waals surface area contributed by atoms with Crippen LogP contribution < -0.4 is 10.5 Å². The van der Waals surface area contributed by atoms with E-state index in [1.807, 2.05) is 0 Å². The molecule has 2 rings (SSSR count). The van der Waals surface area contributed by atoms with Crippen LogP contribution in [-0.2, 0) is 10.2 Å².